The lowest BCUT2D eigenvalue weighted by molar-refractivity contribution is 0.0448. The largest absolute Gasteiger partial charge is 0.465 e. The second-order valence-corrected chi connectivity index (χ2v) is 10.2. The third kappa shape index (κ3) is 4.14. The number of carbonyl (C=O) groups is 3. The van der Waals surface area contributed by atoms with Crippen LogP contribution in [0.5, 0.6) is 0 Å². The average molecular weight is 439 g/mol. The van der Waals surface area contributed by atoms with Gasteiger partial charge in [0, 0.05) is 0 Å². The van der Waals surface area contributed by atoms with Crippen LogP contribution in [0.1, 0.15) is 67.2 Å². The van der Waals surface area contributed by atoms with E-state index in [4.69, 9.17) is 4.74 Å². The Morgan fingerprint density at radius 3 is 2.47 bits per heavy atom. The molecule has 164 valence electrons. The van der Waals surface area contributed by atoms with Crippen molar-refractivity contribution in [2.45, 2.75) is 69.0 Å². The van der Waals surface area contributed by atoms with Crippen LogP contribution < -0.4 is 5.32 Å². The van der Waals surface area contributed by atoms with Crippen molar-refractivity contribution in [2.24, 2.45) is 0 Å². The summed E-state index contributed by atoms with van der Waals surface area (Å²) in [5, 5.41) is 2.73. The van der Waals surface area contributed by atoms with Gasteiger partial charge in [-0.2, -0.15) is 0 Å². The van der Waals surface area contributed by atoms with Crippen LogP contribution in [0.15, 0.2) is 23.1 Å². The molecule has 1 saturated carbocycles. The van der Waals surface area contributed by atoms with E-state index in [0.717, 1.165) is 23.2 Å². The second-order valence-electron chi connectivity index (χ2n) is 8.41. The minimum absolute atomic E-state index is 0.00393. The topological polar surface area (TPSA) is 119 Å². The zero-order chi connectivity index (χ0) is 22.3. The summed E-state index contributed by atoms with van der Waals surface area (Å²) in [6.07, 6.45) is 1.79. The molecule has 0 bridgehead atoms. The number of hydrogen-bond donors (Lipinski definition) is 1. The predicted octanol–water partition coefficient (Wildman–Crippen LogP) is 2.45. The number of fused-ring (bicyclic) bond motifs is 1. The zero-order valence-corrected chi connectivity index (χ0v) is 18.2. The number of nitrogens with one attached hydrogen (secondary N) is 1. The van der Waals surface area contributed by atoms with Crippen molar-refractivity contribution in [1.82, 2.24) is 9.62 Å². The first-order chi connectivity index (χ1) is 14.0. The molecule has 0 aromatic heterocycles. The molecule has 30 heavy (non-hydrogen) atoms. The van der Waals surface area contributed by atoms with Crippen LogP contribution in [0.25, 0.3) is 0 Å². The van der Waals surface area contributed by atoms with Crippen molar-refractivity contribution >= 4 is 28.0 Å². The quantitative estimate of drug-likeness (QED) is 0.720. The molecule has 1 aliphatic carbocycles. The molecule has 0 radical (unpaired) electrons. The Labute approximate surface area is 175 Å². The number of sulfonamides is 1. The van der Waals surface area contributed by atoms with E-state index in [-0.39, 0.29) is 16.0 Å². The molecule has 1 fully saturated rings. The number of nitrogens with zero attached hydrogens (tertiary/aromatic N) is 1. The van der Waals surface area contributed by atoms with Crippen LogP contribution in [-0.4, -0.2) is 55.5 Å². The lowest BCUT2D eigenvalue weighted by Crippen LogP contribution is -2.55. The summed E-state index contributed by atoms with van der Waals surface area (Å²) >= 11 is 0. The smallest absolute Gasteiger partial charge is 0.407 e. The van der Waals surface area contributed by atoms with Gasteiger partial charge in [-0.05, 0) is 51.8 Å². The van der Waals surface area contributed by atoms with Crippen LogP contribution in [0.4, 0.5) is 4.79 Å². The number of alkyl carbamates (subject to hydrolysis) is 1. The molecule has 3 rings (SSSR count). The standard InChI is InChI=1S/C20H26N2O7S/c1-20(2,3)29-19(25)21-14-7-5-6-8-15(14)22-17(23)13-10-9-12(18(24)28-4)11-16(13)30(22,26)27/h9-11,14-15H,5-8H2,1-4H3,(H,21,25)/t14-,15-/m1/s1. The van der Waals surface area contributed by atoms with Crippen LogP contribution in [0.2, 0.25) is 0 Å². The molecule has 1 aliphatic heterocycles. The van der Waals surface area contributed by atoms with Crippen LogP contribution in [0, 0.1) is 0 Å². The van der Waals surface area contributed by atoms with Gasteiger partial charge in [-0.15, -0.1) is 0 Å². The molecule has 0 unspecified atom stereocenters. The summed E-state index contributed by atoms with van der Waals surface area (Å²) in [4.78, 5) is 36.8. The highest BCUT2D eigenvalue weighted by molar-refractivity contribution is 7.90. The normalized spacial score (nSPS) is 22.9. The van der Waals surface area contributed by atoms with Gasteiger partial charge in [0.05, 0.1) is 30.3 Å². The Kier molecular flexibility index (Phi) is 5.81. The summed E-state index contributed by atoms with van der Waals surface area (Å²) < 4.78 is 37.2. The van der Waals surface area contributed by atoms with E-state index >= 15 is 0 Å². The van der Waals surface area contributed by atoms with E-state index < -0.39 is 45.7 Å². The third-order valence-electron chi connectivity index (χ3n) is 5.10. The monoisotopic (exact) mass is 438 g/mol. The predicted molar refractivity (Wildman–Crippen MR) is 107 cm³/mol. The molecule has 2 aliphatic rings. The SMILES string of the molecule is COC(=O)c1ccc2c(c1)S(=O)(=O)N([C@@H]1CCCC[C@H]1NC(=O)OC(C)(C)C)C2=O. The summed E-state index contributed by atoms with van der Waals surface area (Å²) in [6.45, 7) is 5.19. The Morgan fingerprint density at radius 1 is 1.17 bits per heavy atom. The van der Waals surface area contributed by atoms with Crippen molar-refractivity contribution in [2.75, 3.05) is 7.11 Å². The van der Waals surface area contributed by atoms with Gasteiger partial charge in [0.1, 0.15) is 10.5 Å². The molecular weight excluding hydrogens is 412 g/mol. The number of methoxy groups -OCH3 is 1. The Morgan fingerprint density at radius 2 is 1.83 bits per heavy atom. The van der Waals surface area contributed by atoms with Gasteiger partial charge in [-0.3, -0.25) is 4.79 Å². The zero-order valence-electron chi connectivity index (χ0n) is 17.4. The molecule has 9 nitrogen and oxygen atoms in total. The van der Waals surface area contributed by atoms with Gasteiger partial charge < -0.3 is 14.8 Å². The maximum atomic E-state index is 13.2. The molecular formula is C20H26N2O7S. The molecule has 2 amide bonds. The first-order valence-corrected chi connectivity index (χ1v) is 11.2. The lowest BCUT2D eigenvalue weighted by atomic mass is 9.90. The lowest BCUT2D eigenvalue weighted by Gasteiger charge is -2.37. The number of amides is 2. The first kappa shape index (κ1) is 22.1. The van der Waals surface area contributed by atoms with Crippen LogP contribution >= 0.6 is 0 Å². The number of ether oxygens (including phenoxy) is 2. The van der Waals surface area contributed by atoms with E-state index in [1.165, 1.54) is 19.2 Å². The van der Waals surface area contributed by atoms with Crippen molar-refractivity contribution in [3.8, 4) is 0 Å². The highest BCUT2D eigenvalue weighted by Gasteiger charge is 2.48. The Hall–Kier alpha value is -2.62. The fourth-order valence-electron chi connectivity index (χ4n) is 3.84. The molecule has 0 saturated heterocycles. The fourth-order valence-corrected chi connectivity index (χ4v) is 5.69. The molecule has 1 aromatic rings. The van der Waals surface area contributed by atoms with E-state index in [2.05, 4.69) is 10.1 Å². The van der Waals surface area contributed by atoms with Gasteiger partial charge in [0.25, 0.3) is 15.9 Å². The first-order valence-electron chi connectivity index (χ1n) is 9.76. The molecule has 10 heteroatoms. The summed E-state index contributed by atoms with van der Waals surface area (Å²) in [5.41, 5.74) is -0.657. The van der Waals surface area contributed by atoms with E-state index in [0.29, 0.717) is 12.8 Å². The minimum Gasteiger partial charge on any atom is -0.465 e. The number of carbonyl (C=O) groups excluding carboxylic acids is 3. The van der Waals surface area contributed by atoms with E-state index in [1.54, 1.807) is 20.8 Å². The summed E-state index contributed by atoms with van der Waals surface area (Å²) in [5.74, 6) is -1.36. The highest BCUT2D eigenvalue weighted by atomic mass is 32.2. The summed E-state index contributed by atoms with van der Waals surface area (Å²) in [6, 6.07) is 2.53. The number of rotatable bonds is 3. The Balaban J connectivity index is 1.92. The summed E-state index contributed by atoms with van der Waals surface area (Å²) in [7, 11) is -2.99. The van der Waals surface area contributed by atoms with Crippen molar-refractivity contribution in [3.63, 3.8) is 0 Å². The molecule has 1 N–H and O–H groups in total. The third-order valence-corrected chi connectivity index (χ3v) is 6.95. The Bertz CT molecular complexity index is 981. The van der Waals surface area contributed by atoms with Crippen molar-refractivity contribution in [1.29, 1.82) is 0 Å². The highest BCUT2D eigenvalue weighted by Crippen LogP contribution is 2.37. The minimum atomic E-state index is -4.18. The van der Waals surface area contributed by atoms with Gasteiger partial charge in [0.2, 0.25) is 0 Å². The number of esters is 1. The molecule has 2 atom stereocenters. The van der Waals surface area contributed by atoms with Crippen LogP contribution in [0.3, 0.4) is 0 Å². The second kappa shape index (κ2) is 7.90. The van der Waals surface area contributed by atoms with Gasteiger partial charge in [-0.1, -0.05) is 12.8 Å². The average Bonchev–Trinajstić information content (AvgIpc) is 2.85. The van der Waals surface area contributed by atoms with Gasteiger partial charge >= 0.3 is 12.1 Å². The van der Waals surface area contributed by atoms with Crippen LogP contribution in [-0.2, 0) is 19.5 Å². The van der Waals surface area contributed by atoms with Gasteiger partial charge in [-0.25, -0.2) is 22.3 Å². The number of hydrogen-bond acceptors (Lipinski definition) is 7. The fraction of sp³-hybridized carbons (Fsp3) is 0.550. The molecule has 0 spiro atoms. The number of benzene rings is 1. The molecule has 1 heterocycles. The van der Waals surface area contributed by atoms with E-state index in [1.807, 2.05) is 0 Å². The van der Waals surface area contributed by atoms with Crippen molar-refractivity contribution in [3.05, 3.63) is 29.3 Å². The molecule has 1 aromatic carbocycles. The maximum Gasteiger partial charge on any atom is 0.407 e. The maximum absolute atomic E-state index is 13.2. The van der Waals surface area contributed by atoms with E-state index in [9.17, 15) is 22.8 Å². The van der Waals surface area contributed by atoms with Gasteiger partial charge in [0.15, 0.2) is 0 Å². The van der Waals surface area contributed by atoms with Crippen molar-refractivity contribution < 1.29 is 32.3 Å².